The second-order valence-electron chi connectivity index (χ2n) is 3.55. The van der Waals surface area contributed by atoms with Crippen molar-refractivity contribution in [3.05, 3.63) is 39.5 Å². The van der Waals surface area contributed by atoms with Gasteiger partial charge in [0, 0.05) is 15.7 Å². The van der Waals surface area contributed by atoms with Gasteiger partial charge in [0.15, 0.2) is 0 Å². The summed E-state index contributed by atoms with van der Waals surface area (Å²) in [6.45, 7) is 3.88. The fourth-order valence-electron chi connectivity index (χ4n) is 1.11. The van der Waals surface area contributed by atoms with Gasteiger partial charge in [0.25, 0.3) is 0 Å². The zero-order valence-corrected chi connectivity index (χ0v) is 11.0. The summed E-state index contributed by atoms with van der Waals surface area (Å²) in [5.41, 5.74) is 1.04. The molecule has 1 N–H and O–H groups in total. The number of benzene rings is 1. The third-order valence-electron chi connectivity index (χ3n) is 1.71. The van der Waals surface area contributed by atoms with Gasteiger partial charge in [-0.2, -0.15) is 0 Å². The van der Waals surface area contributed by atoms with E-state index < -0.39 is 0 Å². The Balaban J connectivity index is 2.61. The number of carbonyl (C=O) groups excluding carboxylic acids is 1. The van der Waals surface area contributed by atoms with Gasteiger partial charge in [-0.25, -0.2) is 0 Å². The monoisotopic (exact) mass is 315 g/mol. The first kappa shape index (κ1) is 12.2. The molecule has 1 amide bonds. The number of hydrogen-bond acceptors (Lipinski definition) is 1. The SMILES string of the molecule is CC(C)NC(=O)/C=C/c1cccc(I)c1. The number of nitrogens with one attached hydrogen (secondary N) is 1. The Morgan fingerprint density at radius 2 is 2.20 bits per heavy atom. The van der Waals surface area contributed by atoms with Gasteiger partial charge in [-0.15, -0.1) is 0 Å². The lowest BCUT2D eigenvalue weighted by Gasteiger charge is -2.04. The molecule has 80 valence electrons. The molecule has 1 aromatic carbocycles. The maximum Gasteiger partial charge on any atom is 0.244 e. The van der Waals surface area contributed by atoms with Crippen molar-refractivity contribution >= 4 is 34.6 Å². The third-order valence-corrected chi connectivity index (χ3v) is 2.38. The van der Waals surface area contributed by atoms with Crippen LogP contribution < -0.4 is 5.32 Å². The predicted octanol–water partition coefficient (Wildman–Crippen LogP) is 2.83. The number of hydrogen-bond donors (Lipinski definition) is 1. The lowest BCUT2D eigenvalue weighted by Crippen LogP contribution is -2.28. The molecule has 0 saturated heterocycles. The fraction of sp³-hybridized carbons (Fsp3) is 0.250. The summed E-state index contributed by atoms with van der Waals surface area (Å²) in [4.78, 5) is 11.3. The van der Waals surface area contributed by atoms with Crippen LogP contribution in [0.4, 0.5) is 0 Å². The maximum atomic E-state index is 11.3. The zero-order chi connectivity index (χ0) is 11.3. The maximum absolute atomic E-state index is 11.3. The molecule has 1 rings (SSSR count). The van der Waals surface area contributed by atoms with Gasteiger partial charge >= 0.3 is 0 Å². The minimum atomic E-state index is -0.0520. The summed E-state index contributed by atoms with van der Waals surface area (Å²) in [5.74, 6) is -0.0520. The zero-order valence-electron chi connectivity index (χ0n) is 8.83. The second kappa shape index (κ2) is 5.90. The van der Waals surface area contributed by atoms with Gasteiger partial charge in [-0.3, -0.25) is 4.79 Å². The molecule has 0 radical (unpaired) electrons. The summed E-state index contributed by atoms with van der Waals surface area (Å²) in [7, 11) is 0. The molecule has 0 bridgehead atoms. The van der Waals surface area contributed by atoms with Crippen molar-refractivity contribution in [3.63, 3.8) is 0 Å². The van der Waals surface area contributed by atoms with Crippen LogP contribution >= 0.6 is 22.6 Å². The average Bonchev–Trinajstić information content (AvgIpc) is 2.14. The van der Waals surface area contributed by atoms with Gasteiger partial charge in [0.05, 0.1) is 0 Å². The first-order valence-electron chi connectivity index (χ1n) is 4.82. The number of rotatable bonds is 3. The highest BCUT2D eigenvalue weighted by Crippen LogP contribution is 2.08. The minimum absolute atomic E-state index is 0.0520. The van der Waals surface area contributed by atoms with E-state index in [1.807, 2.05) is 44.2 Å². The largest absolute Gasteiger partial charge is 0.350 e. The van der Waals surface area contributed by atoms with E-state index in [-0.39, 0.29) is 11.9 Å². The molecule has 0 aliphatic rings. The highest BCUT2D eigenvalue weighted by atomic mass is 127. The Labute approximate surface area is 104 Å². The van der Waals surface area contributed by atoms with Crippen molar-refractivity contribution in [2.24, 2.45) is 0 Å². The molecule has 0 fully saturated rings. The van der Waals surface area contributed by atoms with E-state index in [1.165, 1.54) is 3.57 Å². The summed E-state index contributed by atoms with van der Waals surface area (Å²) in [5, 5.41) is 2.80. The van der Waals surface area contributed by atoms with Gasteiger partial charge < -0.3 is 5.32 Å². The third kappa shape index (κ3) is 4.97. The summed E-state index contributed by atoms with van der Waals surface area (Å²) in [6.07, 6.45) is 3.38. The van der Waals surface area contributed by atoms with E-state index in [9.17, 15) is 4.79 Å². The van der Waals surface area contributed by atoms with Crippen molar-refractivity contribution in [1.82, 2.24) is 5.32 Å². The van der Waals surface area contributed by atoms with Crippen molar-refractivity contribution < 1.29 is 4.79 Å². The van der Waals surface area contributed by atoms with E-state index in [0.717, 1.165) is 5.56 Å². The quantitative estimate of drug-likeness (QED) is 0.674. The van der Waals surface area contributed by atoms with Crippen LogP contribution in [0, 0.1) is 3.57 Å². The van der Waals surface area contributed by atoms with Gasteiger partial charge in [0.1, 0.15) is 0 Å². The molecule has 0 saturated carbocycles. The fourth-order valence-corrected chi connectivity index (χ4v) is 1.68. The molecule has 0 unspecified atom stereocenters. The molecule has 0 atom stereocenters. The Bertz CT molecular complexity index is 372. The van der Waals surface area contributed by atoms with Crippen LogP contribution in [-0.2, 0) is 4.79 Å². The molecule has 2 nitrogen and oxygen atoms in total. The first-order chi connectivity index (χ1) is 7.08. The van der Waals surface area contributed by atoms with Crippen LogP contribution in [0.1, 0.15) is 19.4 Å². The van der Waals surface area contributed by atoms with Crippen LogP contribution in [-0.4, -0.2) is 11.9 Å². The molecular formula is C12H14INO. The molecular weight excluding hydrogens is 301 g/mol. The molecule has 0 aromatic heterocycles. The minimum Gasteiger partial charge on any atom is -0.350 e. The second-order valence-corrected chi connectivity index (χ2v) is 4.80. The van der Waals surface area contributed by atoms with Crippen LogP contribution in [0.5, 0.6) is 0 Å². The predicted molar refractivity (Wildman–Crippen MR) is 71.5 cm³/mol. The van der Waals surface area contributed by atoms with E-state index in [4.69, 9.17) is 0 Å². The van der Waals surface area contributed by atoms with E-state index in [2.05, 4.69) is 27.9 Å². The smallest absolute Gasteiger partial charge is 0.244 e. The van der Waals surface area contributed by atoms with Crippen molar-refractivity contribution in [3.8, 4) is 0 Å². The summed E-state index contributed by atoms with van der Waals surface area (Å²) >= 11 is 2.25. The molecule has 15 heavy (non-hydrogen) atoms. The number of carbonyl (C=O) groups is 1. The van der Waals surface area contributed by atoms with E-state index in [1.54, 1.807) is 6.08 Å². The first-order valence-corrected chi connectivity index (χ1v) is 5.90. The lowest BCUT2D eigenvalue weighted by atomic mass is 10.2. The Hall–Kier alpha value is -0.840. The van der Waals surface area contributed by atoms with Crippen LogP contribution in [0.25, 0.3) is 6.08 Å². The van der Waals surface area contributed by atoms with Gasteiger partial charge in [-0.05, 0) is 60.2 Å². The standard InChI is InChI=1S/C12H14INO/c1-9(2)14-12(15)7-6-10-4-3-5-11(13)8-10/h3-9H,1-2H3,(H,14,15)/b7-6+. The van der Waals surface area contributed by atoms with Gasteiger partial charge in [-0.1, -0.05) is 12.1 Å². The molecule has 0 aliphatic carbocycles. The lowest BCUT2D eigenvalue weighted by molar-refractivity contribution is -0.116. The number of halogens is 1. The highest BCUT2D eigenvalue weighted by molar-refractivity contribution is 14.1. The topological polar surface area (TPSA) is 29.1 Å². The molecule has 0 aliphatic heterocycles. The Kier molecular flexibility index (Phi) is 4.81. The normalized spacial score (nSPS) is 10.9. The van der Waals surface area contributed by atoms with Crippen molar-refractivity contribution in [2.45, 2.75) is 19.9 Å². The van der Waals surface area contributed by atoms with E-state index in [0.29, 0.717) is 0 Å². The molecule has 3 heteroatoms. The number of amides is 1. The van der Waals surface area contributed by atoms with Crippen LogP contribution in [0.15, 0.2) is 30.3 Å². The Morgan fingerprint density at radius 3 is 2.80 bits per heavy atom. The summed E-state index contributed by atoms with van der Waals surface area (Å²) in [6, 6.07) is 8.17. The van der Waals surface area contributed by atoms with Crippen molar-refractivity contribution in [1.29, 1.82) is 0 Å². The molecule has 0 spiro atoms. The average molecular weight is 315 g/mol. The van der Waals surface area contributed by atoms with Crippen molar-refractivity contribution in [2.75, 3.05) is 0 Å². The van der Waals surface area contributed by atoms with Crippen LogP contribution in [0.3, 0.4) is 0 Å². The van der Waals surface area contributed by atoms with E-state index >= 15 is 0 Å². The molecule has 1 aromatic rings. The highest BCUT2D eigenvalue weighted by Gasteiger charge is 1.97. The summed E-state index contributed by atoms with van der Waals surface area (Å²) < 4.78 is 1.17. The Morgan fingerprint density at radius 1 is 1.47 bits per heavy atom. The van der Waals surface area contributed by atoms with Gasteiger partial charge in [0.2, 0.25) is 5.91 Å². The molecule has 0 heterocycles. The van der Waals surface area contributed by atoms with Crippen LogP contribution in [0.2, 0.25) is 0 Å².